The lowest BCUT2D eigenvalue weighted by Gasteiger charge is -2.33. The van der Waals surface area contributed by atoms with Crippen molar-refractivity contribution in [2.24, 2.45) is 0 Å². The molecule has 0 saturated heterocycles. The van der Waals surface area contributed by atoms with Crippen LogP contribution in [0.25, 0.3) is 21.5 Å². The van der Waals surface area contributed by atoms with E-state index < -0.39 is 0 Å². The first kappa shape index (κ1) is 23.5. The van der Waals surface area contributed by atoms with Gasteiger partial charge in [-0.1, -0.05) is 12.1 Å². The number of rotatable bonds is 7. The summed E-state index contributed by atoms with van der Waals surface area (Å²) in [7, 11) is 8.65. The van der Waals surface area contributed by atoms with Crippen LogP contribution in [0.2, 0.25) is 0 Å². The first-order valence-electron chi connectivity index (χ1n) is 11.6. The number of likely N-dealkylation sites (N-methyl/N-ethyl adjacent to an activating group) is 1. The summed E-state index contributed by atoms with van der Waals surface area (Å²) in [6.07, 6.45) is 1.46. The van der Waals surface area contributed by atoms with Crippen LogP contribution >= 0.6 is 0 Å². The van der Waals surface area contributed by atoms with Gasteiger partial charge in [0.05, 0.1) is 33.4 Å². The maximum atomic E-state index is 11.2. The minimum atomic E-state index is -0.379. The molecule has 1 aliphatic rings. The standard InChI is InChI=1S/C28H28N2O6/c1-29-11-10-17-13-24(35-4)28(36-5)26-20-15-23(34-3)22(33-2)14-19(20)21(27(29)25(17)26)12-16-6-8-18(9-7-16)30(31)32/h6-9,13-15H,10-12H2,1-5H3. The van der Waals surface area contributed by atoms with E-state index in [-0.39, 0.29) is 10.6 Å². The molecule has 4 aromatic carbocycles. The van der Waals surface area contributed by atoms with Crippen molar-refractivity contribution in [1.29, 1.82) is 0 Å². The summed E-state index contributed by atoms with van der Waals surface area (Å²) in [5.74, 6) is 2.61. The average Bonchev–Trinajstić information content (AvgIpc) is 2.90. The summed E-state index contributed by atoms with van der Waals surface area (Å²) in [4.78, 5) is 13.1. The summed E-state index contributed by atoms with van der Waals surface area (Å²) < 4.78 is 23.0. The highest BCUT2D eigenvalue weighted by Gasteiger charge is 2.28. The fourth-order valence-electron chi connectivity index (χ4n) is 5.33. The van der Waals surface area contributed by atoms with E-state index in [9.17, 15) is 10.1 Å². The number of nitro benzene ring substituents is 1. The van der Waals surface area contributed by atoms with Crippen LogP contribution < -0.4 is 23.8 Å². The number of benzene rings is 4. The molecule has 0 atom stereocenters. The van der Waals surface area contributed by atoms with Crippen molar-refractivity contribution in [3.8, 4) is 23.0 Å². The number of hydrogen-bond donors (Lipinski definition) is 0. The molecule has 0 aliphatic carbocycles. The van der Waals surface area contributed by atoms with Gasteiger partial charge in [-0.15, -0.1) is 0 Å². The molecule has 4 aromatic rings. The summed E-state index contributed by atoms with van der Waals surface area (Å²) in [6, 6.07) is 12.8. The third-order valence-corrected chi connectivity index (χ3v) is 7.02. The van der Waals surface area contributed by atoms with Crippen molar-refractivity contribution < 1.29 is 23.9 Å². The smallest absolute Gasteiger partial charge is 0.269 e. The van der Waals surface area contributed by atoms with Gasteiger partial charge in [-0.25, -0.2) is 0 Å². The molecule has 36 heavy (non-hydrogen) atoms. The van der Waals surface area contributed by atoms with Gasteiger partial charge in [-0.05, 0) is 52.1 Å². The lowest BCUT2D eigenvalue weighted by Crippen LogP contribution is -2.26. The number of hydrogen-bond acceptors (Lipinski definition) is 7. The Kier molecular flexibility index (Phi) is 5.96. The second-order valence-corrected chi connectivity index (χ2v) is 8.87. The molecule has 0 radical (unpaired) electrons. The molecule has 0 saturated carbocycles. The van der Waals surface area contributed by atoms with Crippen LogP contribution in [-0.2, 0) is 12.8 Å². The van der Waals surface area contributed by atoms with Gasteiger partial charge < -0.3 is 23.8 Å². The summed E-state index contributed by atoms with van der Waals surface area (Å²) in [5.41, 5.74) is 4.48. The van der Waals surface area contributed by atoms with Crippen molar-refractivity contribution in [3.63, 3.8) is 0 Å². The topological polar surface area (TPSA) is 83.3 Å². The van der Waals surface area contributed by atoms with Gasteiger partial charge in [-0.3, -0.25) is 10.1 Å². The molecular formula is C28H28N2O6. The van der Waals surface area contributed by atoms with E-state index >= 15 is 0 Å². The molecule has 186 valence electrons. The third-order valence-electron chi connectivity index (χ3n) is 7.02. The normalized spacial score (nSPS) is 12.6. The molecule has 1 aliphatic heterocycles. The molecule has 0 N–H and O–H groups in total. The van der Waals surface area contributed by atoms with E-state index in [0.29, 0.717) is 29.4 Å². The lowest BCUT2D eigenvalue weighted by atomic mass is 9.85. The van der Waals surface area contributed by atoms with Gasteiger partial charge in [0.15, 0.2) is 23.0 Å². The summed E-state index contributed by atoms with van der Waals surface area (Å²) in [5, 5.41) is 15.2. The largest absolute Gasteiger partial charge is 0.493 e. The van der Waals surface area contributed by atoms with Crippen molar-refractivity contribution in [2.75, 3.05) is 46.9 Å². The van der Waals surface area contributed by atoms with Crippen LogP contribution in [0.1, 0.15) is 16.7 Å². The minimum Gasteiger partial charge on any atom is -0.493 e. The predicted octanol–water partition coefficient (Wildman–Crippen LogP) is 5.52. The van der Waals surface area contributed by atoms with Crippen molar-refractivity contribution in [3.05, 3.63) is 69.3 Å². The van der Waals surface area contributed by atoms with Gasteiger partial charge in [0.2, 0.25) is 0 Å². The fraction of sp³-hybridized carbons (Fsp3) is 0.286. The quantitative estimate of drug-likeness (QED) is 0.192. The van der Waals surface area contributed by atoms with Crippen LogP contribution in [0.4, 0.5) is 11.4 Å². The number of non-ortho nitro benzene ring substituents is 1. The third kappa shape index (κ3) is 3.61. The van der Waals surface area contributed by atoms with E-state index in [2.05, 4.69) is 18.0 Å². The highest BCUT2D eigenvalue weighted by Crippen LogP contribution is 2.51. The molecule has 0 bridgehead atoms. The van der Waals surface area contributed by atoms with Gasteiger partial charge >= 0.3 is 0 Å². The van der Waals surface area contributed by atoms with E-state index in [4.69, 9.17) is 18.9 Å². The molecule has 0 spiro atoms. The van der Waals surface area contributed by atoms with Crippen LogP contribution in [0.5, 0.6) is 23.0 Å². The van der Waals surface area contributed by atoms with Gasteiger partial charge in [0.1, 0.15) is 0 Å². The molecule has 1 heterocycles. The zero-order valence-corrected chi connectivity index (χ0v) is 21.0. The first-order chi connectivity index (χ1) is 17.4. The highest BCUT2D eigenvalue weighted by atomic mass is 16.6. The SMILES string of the molecule is COc1cc2c(Cc3ccc([N+](=O)[O-])cc3)c3c4c(cc(OC)c(OC)c4c2cc1OC)CCN3C. The monoisotopic (exact) mass is 488 g/mol. The number of anilines is 1. The molecule has 0 fully saturated rings. The van der Waals surface area contributed by atoms with Crippen molar-refractivity contribution >= 4 is 32.9 Å². The fourth-order valence-corrected chi connectivity index (χ4v) is 5.33. The Balaban J connectivity index is 1.92. The van der Waals surface area contributed by atoms with Crippen LogP contribution in [0, 0.1) is 10.1 Å². The number of ether oxygens (including phenoxy) is 4. The van der Waals surface area contributed by atoms with Crippen molar-refractivity contribution in [2.45, 2.75) is 12.8 Å². The Labute approximate surface area is 209 Å². The zero-order valence-electron chi connectivity index (χ0n) is 21.0. The molecule has 8 heteroatoms. The molecule has 8 nitrogen and oxygen atoms in total. The maximum absolute atomic E-state index is 11.2. The van der Waals surface area contributed by atoms with Gasteiger partial charge in [0, 0.05) is 48.6 Å². The van der Waals surface area contributed by atoms with Crippen LogP contribution in [-0.4, -0.2) is 47.0 Å². The van der Waals surface area contributed by atoms with E-state index in [1.54, 1.807) is 40.6 Å². The van der Waals surface area contributed by atoms with E-state index in [1.165, 1.54) is 5.56 Å². The van der Waals surface area contributed by atoms with Crippen LogP contribution in [0.15, 0.2) is 42.5 Å². The van der Waals surface area contributed by atoms with E-state index in [0.717, 1.165) is 51.3 Å². The average molecular weight is 489 g/mol. The van der Waals surface area contributed by atoms with Crippen molar-refractivity contribution in [1.82, 2.24) is 0 Å². The molecule has 0 aromatic heterocycles. The van der Waals surface area contributed by atoms with Crippen LogP contribution in [0.3, 0.4) is 0 Å². The van der Waals surface area contributed by atoms with E-state index in [1.807, 2.05) is 24.3 Å². The lowest BCUT2D eigenvalue weighted by molar-refractivity contribution is -0.384. The Hall–Kier alpha value is -4.20. The molecule has 0 unspecified atom stereocenters. The second-order valence-electron chi connectivity index (χ2n) is 8.87. The van der Waals surface area contributed by atoms with Gasteiger partial charge in [0.25, 0.3) is 5.69 Å². The predicted molar refractivity (Wildman–Crippen MR) is 141 cm³/mol. The molecule has 5 rings (SSSR count). The zero-order chi connectivity index (χ0) is 25.6. The number of methoxy groups -OCH3 is 4. The molecular weight excluding hydrogens is 460 g/mol. The summed E-state index contributed by atoms with van der Waals surface area (Å²) in [6.45, 7) is 0.851. The Morgan fingerprint density at radius 3 is 2.08 bits per heavy atom. The highest BCUT2D eigenvalue weighted by molar-refractivity contribution is 6.20. The summed E-state index contributed by atoms with van der Waals surface area (Å²) >= 11 is 0. The molecule has 0 amide bonds. The first-order valence-corrected chi connectivity index (χ1v) is 11.6. The number of fused-ring (bicyclic) bond motifs is 2. The number of nitrogens with zero attached hydrogens (tertiary/aromatic N) is 2. The van der Waals surface area contributed by atoms with Gasteiger partial charge in [-0.2, -0.15) is 0 Å². The Bertz CT molecular complexity index is 1500. The Morgan fingerprint density at radius 2 is 1.50 bits per heavy atom. The second kappa shape index (κ2) is 9.11. The maximum Gasteiger partial charge on any atom is 0.269 e. The Morgan fingerprint density at radius 1 is 0.861 bits per heavy atom. The minimum absolute atomic E-state index is 0.0751. The number of nitro groups is 1.